The molecule has 0 atom stereocenters. The van der Waals surface area contributed by atoms with Crippen molar-refractivity contribution in [3.8, 4) is 5.75 Å². The Morgan fingerprint density at radius 2 is 1.81 bits per heavy atom. The van der Waals surface area contributed by atoms with E-state index in [0.717, 1.165) is 28.6 Å². The molecule has 3 aromatic rings. The van der Waals surface area contributed by atoms with Crippen LogP contribution in [0.5, 0.6) is 5.75 Å². The number of aromatic nitrogens is 1. The Hall–Kier alpha value is -2.75. The van der Waals surface area contributed by atoms with Crippen molar-refractivity contribution in [2.75, 3.05) is 7.11 Å². The van der Waals surface area contributed by atoms with E-state index >= 15 is 0 Å². The van der Waals surface area contributed by atoms with Gasteiger partial charge in [0.15, 0.2) is 0 Å². The predicted molar refractivity (Wildman–Crippen MR) is 81.0 cm³/mol. The first-order valence-corrected chi connectivity index (χ1v) is 6.61. The molecule has 106 valence electrons. The van der Waals surface area contributed by atoms with Crippen LogP contribution < -0.4 is 4.74 Å². The second-order valence-electron chi connectivity index (χ2n) is 4.93. The van der Waals surface area contributed by atoms with E-state index in [-0.39, 0.29) is 0 Å². The van der Waals surface area contributed by atoms with Crippen molar-refractivity contribution in [2.24, 2.45) is 0 Å². The number of hydrogen-bond donors (Lipinski definition) is 1. The van der Waals surface area contributed by atoms with Crippen molar-refractivity contribution in [1.29, 1.82) is 0 Å². The molecule has 4 nitrogen and oxygen atoms in total. The van der Waals surface area contributed by atoms with Crippen LogP contribution in [0.1, 0.15) is 15.9 Å². The van der Waals surface area contributed by atoms with Crippen LogP contribution in [-0.2, 0) is 6.54 Å². The average molecular weight is 281 g/mol. The number of carboxylic acid groups (broad SMARTS) is 1. The van der Waals surface area contributed by atoms with Crippen LogP contribution in [0, 0.1) is 0 Å². The van der Waals surface area contributed by atoms with E-state index in [2.05, 4.69) is 4.57 Å². The summed E-state index contributed by atoms with van der Waals surface area (Å²) >= 11 is 0. The SMILES string of the molecule is COc1ccc(Cn2cc3ccc(C(=O)O)cc3c2)cc1. The van der Waals surface area contributed by atoms with Gasteiger partial charge in [0, 0.05) is 24.3 Å². The number of methoxy groups -OCH3 is 1. The second-order valence-corrected chi connectivity index (χ2v) is 4.93. The predicted octanol–water partition coefficient (Wildman–Crippen LogP) is 3.40. The lowest BCUT2D eigenvalue weighted by Gasteiger charge is -2.04. The fraction of sp³-hybridized carbons (Fsp3) is 0.118. The second kappa shape index (κ2) is 5.32. The van der Waals surface area contributed by atoms with Gasteiger partial charge in [0.1, 0.15) is 5.75 Å². The molecular formula is C17H15NO3. The summed E-state index contributed by atoms with van der Waals surface area (Å²) in [6.45, 7) is 0.737. The standard InChI is InChI=1S/C17H15NO3/c1-21-16-6-2-12(3-7-16)9-18-10-14-5-4-13(17(19)20)8-15(14)11-18/h2-8,10-11H,9H2,1H3,(H,19,20). The molecule has 0 spiro atoms. The number of carbonyl (C=O) groups is 1. The van der Waals surface area contributed by atoms with Gasteiger partial charge in [0.25, 0.3) is 0 Å². The summed E-state index contributed by atoms with van der Waals surface area (Å²) < 4.78 is 7.19. The molecule has 1 heterocycles. The van der Waals surface area contributed by atoms with Gasteiger partial charge in [0.05, 0.1) is 12.7 Å². The number of ether oxygens (including phenoxy) is 1. The maximum Gasteiger partial charge on any atom is 0.335 e. The summed E-state index contributed by atoms with van der Waals surface area (Å²) in [6.07, 6.45) is 3.98. The van der Waals surface area contributed by atoms with Gasteiger partial charge < -0.3 is 14.4 Å². The van der Waals surface area contributed by atoms with Gasteiger partial charge in [-0.2, -0.15) is 0 Å². The molecule has 1 aromatic heterocycles. The zero-order chi connectivity index (χ0) is 14.8. The molecule has 0 unspecified atom stereocenters. The molecule has 0 radical (unpaired) electrons. The Morgan fingerprint density at radius 3 is 2.48 bits per heavy atom. The third-order valence-corrected chi connectivity index (χ3v) is 3.47. The molecule has 0 aliphatic heterocycles. The van der Waals surface area contributed by atoms with Crippen molar-refractivity contribution < 1.29 is 14.6 Å². The third-order valence-electron chi connectivity index (χ3n) is 3.47. The number of aromatic carboxylic acids is 1. The van der Waals surface area contributed by atoms with Crippen LogP contribution in [0.25, 0.3) is 10.8 Å². The molecule has 1 N–H and O–H groups in total. The van der Waals surface area contributed by atoms with Crippen LogP contribution in [0.2, 0.25) is 0 Å². The Bertz CT molecular complexity index is 787. The molecule has 21 heavy (non-hydrogen) atoms. The topological polar surface area (TPSA) is 51.5 Å². The first-order valence-electron chi connectivity index (χ1n) is 6.61. The zero-order valence-corrected chi connectivity index (χ0v) is 11.6. The number of hydrogen-bond acceptors (Lipinski definition) is 2. The Balaban J connectivity index is 1.88. The molecule has 0 aliphatic rings. The normalized spacial score (nSPS) is 10.7. The van der Waals surface area contributed by atoms with Gasteiger partial charge in [-0.1, -0.05) is 18.2 Å². The molecule has 0 amide bonds. The summed E-state index contributed by atoms with van der Waals surface area (Å²) in [5.41, 5.74) is 1.47. The molecule has 2 aromatic carbocycles. The fourth-order valence-electron chi connectivity index (χ4n) is 2.36. The summed E-state index contributed by atoms with van der Waals surface area (Å²) in [4.78, 5) is 11.0. The molecule has 0 aliphatic carbocycles. The fourth-order valence-corrected chi connectivity index (χ4v) is 2.36. The number of benzene rings is 2. The Labute approximate surface area is 122 Å². The first kappa shape index (κ1) is 13.2. The largest absolute Gasteiger partial charge is 0.497 e. The monoisotopic (exact) mass is 281 g/mol. The van der Waals surface area contributed by atoms with Crippen molar-refractivity contribution in [1.82, 2.24) is 4.57 Å². The maximum absolute atomic E-state index is 11.0. The van der Waals surface area contributed by atoms with E-state index in [1.54, 1.807) is 19.2 Å². The minimum Gasteiger partial charge on any atom is -0.497 e. The van der Waals surface area contributed by atoms with E-state index in [0.29, 0.717) is 5.56 Å². The molecule has 0 saturated heterocycles. The number of fused-ring (bicyclic) bond motifs is 1. The van der Waals surface area contributed by atoms with Gasteiger partial charge in [0.2, 0.25) is 0 Å². The number of rotatable bonds is 4. The van der Waals surface area contributed by atoms with Gasteiger partial charge in [-0.3, -0.25) is 0 Å². The van der Waals surface area contributed by atoms with Crippen LogP contribution in [-0.4, -0.2) is 22.8 Å². The highest BCUT2D eigenvalue weighted by Gasteiger charge is 2.05. The van der Waals surface area contributed by atoms with Gasteiger partial charge >= 0.3 is 5.97 Å². The quantitative estimate of drug-likeness (QED) is 0.797. The lowest BCUT2D eigenvalue weighted by atomic mass is 10.1. The highest BCUT2D eigenvalue weighted by Crippen LogP contribution is 2.19. The highest BCUT2D eigenvalue weighted by molar-refractivity contribution is 5.94. The lowest BCUT2D eigenvalue weighted by Crippen LogP contribution is -1.95. The Kier molecular flexibility index (Phi) is 3.36. The van der Waals surface area contributed by atoms with Crippen molar-refractivity contribution in [3.63, 3.8) is 0 Å². The number of carboxylic acids is 1. The van der Waals surface area contributed by atoms with E-state index in [1.807, 2.05) is 42.7 Å². The third kappa shape index (κ3) is 2.74. The van der Waals surface area contributed by atoms with E-state index in [4.69, 9.17) is 9.84 Å². The van der Waals surface area contributed by atoms with E-state index in [1.165, 1.54) is 0 Å². The van der Waals surface area contributed by atoms with Crippen LogP contribution in [0.3, 0.4) is 0 Å². The van der Waals surface area contributed by atoms with Crippen molar-refractivity contribution in [3.05, 3.63) is 66.0 Å². The zero-order valence-electron chi connectivity index (χ0n) is 11.6. The lowest BCUT2D eigenvalue weighted by molar-refractivity contribution is 0.0697. The smallest absolute Gasteiger partial charge is 0.335 e. The molecule has 4 heteroatoms. The van der Waals surface area contributed by atoms with Crippen LogP contribution in [0.4, 0.5) is 0 Å². The van der Waals surface area contributed by atoms with Gasteiger partial charge in [-0.25, -0.2) is 4.79 Å². The first-order chi connectivity index (χ1) is 10.2. The highest BCUT2D eigenvalue weighted by atomic mass is 16.5. The van der Waals surface area contributed by atoms with Gasteiger partial charge in [-0.05, 0) is 35.2 Å². The molecule has 0 fully saturated rings. The van der Waals surface area contributed by atoms with Crippen LogP contribution in [0.15, 0.2) is 54.9 Å². The molecule has 0 saturated carbocycles. The minimum absolute atomic E-state index is 0.310. The van der Waals surface area contributed by atoms with E-state index < -0.39 is 5.97 Å². The molecule has 0 bridgehead atoms. The van der Waals surface area contributed by atoms with Crippen molar-refractivity contribution in [2.45, 2.75) is 6.54 Å². The van der Waals surface area contributed by atoms with Crippen molar-refractivity contribution >= 4 is 16.7 Å². The maximum atomic E-state index is 11.0. The molecule has 3 rings (SSSR count). The van der Waals surface area contributed by atoms with Gasteiger partial charge in [-0.15, -0.1) is 0 Å². The van der Waals surface area contributed by atoms with Crippen LogP contribution >= 0.6 is 0 Å². The summed E-state index contributed by atoms with van der Waals surface area (Å²) in [7, 11) is 1.65. The number of nitrogens with zero attached hydrogens (tertiary/aromatic N) is 1. The summed E-state index contributed by atoms with van der Waals surface area (Å²) in [6, 6.07) is 13.1. The van der Waals surface area contributed by atoms with E-state index in [9.17, 15) is 4.79 Å². The Morgan fingerprint density at radius 1 is 1.10 bits per heavy atom. The summed E-state index contributed by atoms with van der Waals surface area (Å²) in [5, 5.41) is 11.0. The summed E-state index contributed by atoms with van der Waals surface area (Å²) in [5.74, 6) is -0.0673. The molecular weight excluding hydrogens is 266 g/mol. The average Bonchev–Trinajstić information content (AvgIpc) is 2.89. The minimum atomic E-state index is -0.903.